The van der Waals surface area contributed by atoms with Crippen molar-refractivity contribution in [3.63, 3.8) is 0 Å². The third kappa shape index (κ3) is 4.49. The Kier molecular flexibility index (Phi) is 5.83. The van der Waals surface area contributed by atoms with Crippen LogP contribution in [0.1, 0.15) is 20.3 Å². The summed E-state index contributed by atoms with van der Waals surface area (Å²) >= 11 is 5.78. The summed E-state index contributed by atoms with van der Waals surface area (Å²) in [7, 11) is 0. The van der Waals surface area contributed by atoms with Crippen LogP contribution in [0.2, 0.25) is 5.02 Å². The number of halogens is 1. The molecule has 1 aromatic carbocycles. The van der Waals surface area contributed by atoms with Crippen molar-refractivity contribution >= 4 is 28.9 Å². The monoisotopic (exact) mass is 320 g/mol. The van der Waals surface area contributed by atoms with Crippen LogP contribution in [0.25, 0.3) is 0 Å². The lowest BCUT2D eigenvalue weighted by molar-refractivity contribution is -0.116. The van der Waals surface area contributed by atoms with E-state index in [0.717, 1.165) is 24.5 Å². The zero-order chi connectivity index (χ0) is 15.9. The van der Waals surface area contributed by atoms with Gasteiger partial charge in [0.15, 0.2) is 0 Å². The molecule has 0 atom stereocenters. The first kappa shape index (κ1) is 16.4. The zero-order valence-corrected chi connectivity index (χ0v) is 13.7. The van der Waals surface area contributed by atoms with Gasteiger partial charge in [0, 0.05) is 43.6 Å². The molecule has 22 heavy (non-hydrogen) atoms. The third-order valence-corrected chi connectivity index (χ3v) is 3.64. The van der Waals surface area contributed by atoms with Gasteiger partial charge in [0.25, 0.3) is 0 Å². The molecule has 0 saturated heterocycles. The summed E-state index contributed by atoms with van der Waals surface area (Å²) < 4.78 is 1.66. The first-order chi connectivity index (χ1) is 10.6. The number of nitrogens with one attached hydrogen (secondary N) is 1. The van der Waals surface area contributed by atoms with E-state index in [4.69, 9.17) is 11.6 Å². The van der Waals surface area contributed by atoms with Crippen molar-refractivity contribution in [2.75, 3.05) is 23.3 Å². The van der Waals surface area contributed by atoms with Crippen LogP contribution in [-0.4, -0.2) is 28.8 Å². The van der Waals surface area contributed by atoms with Gasteiger partial charge in [-0.05, 0) is 38.1 Å². The lowest BCUT2D eigenvalue weighted by Gasteiger charge is -2.21. The van der Waals surface area contributed by atoms with Crippen LogP contribution in [0, 0.1) is 0 Å². The highest BCUT2D eigenvalue weighted by atomic mass is 35.5. The summed E-state index contributed by atoms with van der Waals surface area (Å²) in [6.45, 7) is 6.70. The van der Waals surface area contributed by atoms with Crippen LogP contribution >= 0.6 is 11.6 Å². The number of nitrogens with zero attached hydrogens (tertiary/aromatic N) is 3. The van der Waals surface area contributed by atoms with Crippen LogP contribution in [0.3, 0.4) is 0 Å². The number of amides is 1. The second-order valence-electron chi connectivity index (χ2n) is 4.94. The molecular weight excluding hydrogens is 300 g/mol. The maximum Gasteiger partial charge on any atom is 0.226 e. The van der Waals surface area contributed by atoms with Crippen LogP contribution < -0.4 is 10.2 Å². The fourth-order valence-electron chi connectivity index (χ4n) is 2.24. The van der Waals surface area contributed by atoms with Gasteiger partial charge in [-0.3, -0.25) is 9.48 Å². The largest absolute Gasteiger partial charge is 0.372 e. The van der Waals surface area contributed by atoms with Crippen molar-refractivity contribution in [2.45, 2.75) is 26.8 Å². The molecule has 0 unspecified atom stereocenters. The zero-order valence-electron chi connectivity index (χ0n) is 12.9. The number of carbonyl (C=O) groups is 1. The quantitative estimate of drug-likeness (QED) is 0.850. The highest BCUT2D eigenvalue weighted by molar-refractivity contribution is 6.30. The lowest BCUT2D eigenvalue weighted by atomic mass is 10.2. The standard InChI is InChI=1S/C16H21ClN4O/c1-3-20(4-2)15-7-5-14(6-8-15)19-16(22)9-10-21-12-13(17)11-18-21/h5-8,11-12H,3-4,9-10H2,1-2H3,(H,19,22). The minimum Gasteiger partial charge on any atom is -0.372 e. The van der Waals surface area contributed by atoms with Crippen molar-refractivity contribution in [1.82, 2.24) is 9.78 Å². The van der Waals surface area contributed by atoms with Gasteiger partial charge < -0.3 is 10.2 Å². The number of benzene rings is 1. The first-order valence-electron chi connectivity index (χ1n) is 7.45. The van der Waals surface area contributed by atoms with Crippen molar-refractivity contribution in [2.24, 2.45) is 0 Å². The molecule has 0 aliphatic carbocycles. The smallest absolute Gasteiger partial charge is 0.226 e. The molecule has 0 spiro atoms. The van der Waals surface area contributed by atoms with E-state index >= 15 is 0 Å². The van der Waals surface area contributed by atoms with E-state index in [-0.39, 0.29) is 5.91 Å². The summed E-state index contributed by atoms with van der Waals surface area (Å²) in [5, 5.41) is 7.51. The second kappa shape index (κ2) is 7.84. The molecule has 0 saturated carbocycles. The molecule has 0 radical (unpaired) electrons. The Morgan fingerprint density at radius 2 is 1.95 bits per heavy atom. The van der Waals surface area contributed by atoms with Crippen LogP contribution in [-0.2, 0) is 11.3 Å². The number of anilines is 2. The van der Waals surface area contributed by atoms with E-state index in [1.165, 1.54) is 0 Å². The molecule has 1 N–H and O–H groups in total. The predicted octanol–water partition coefficient (Wildman–Crippen LogP) is 3.41. The molecule has 2 rings (SSSR count). The van der Waals surface area contributed by atoms with Crippen LogP contribution in [0.4, 0.5) is 11.4 Å². The second-order valence-corrected chi connectivity index (χ2v) is 5.38. The molecule has 0 fully saturated rings. The summed E-state index contributed by atoms with van der Waals surface area (Å²) in [5.41, 5.74) is 1.97. The van der Waals surface area contributed by atoms with E-state index in [9.17, 15) is 4.79 Å². The molecule has 0 bridgehead atoms. The number of hydrogen-bond donors (Lipinski definition) is 1. The molecule has 118 valence electrons. The minimum atomic E-state index is -0.0396. The Bertz CT molecular complexity index is 605. The minimum absolute atomic E-state index is 0.0396. The number of aromatic nitrogens is 2. The highest BCUT2D eigenvalue weighted by Gasteiger charge is 2.05. The van der Waals surface area contributed by atoms with E-state index < -0.39 is 0 Å². The summed E-state index contributed by atoms with van der Waals surface area (Å²) in [6.07, 6.45) is 3.62. The average Bonchev–Trinajstić information content (AvgIpc) is 2.94. The number of aryl methyl sites for hydroxylation is 1. The molecule has 2 aromatic rings. The van der Waals surface area contributed by atoms with Crippen LogP contribution in [0.15, 0.2) is 36.7 Å². The van der Waals surface area contributed by atoms with Gasteiger partial charge in [0.05, 0.1) is 11.2 Å². The van der Waals surface area contributed by atoms with E-state index in [1.807, 2.05) is 24.3 Å². The Morgan fingerprint density at radius 3 is 2.50 bits per heavy atom. The first-order valence-corrected chi connectivity index (χ1v) is 7.83. The topological polar surface area (TPSA) is 50.2 Å². The van der Waals surface area contributed by atoms with E-state index in [1.54, 1.807) is 17.1 Å². The van der Waals surface area contributed by atoms with E-state index in [0.29, 0.717) is 18.0 Å². The molecular formula is C16H21ClN4O. The molecule has 1 heterocycles. The van der Waals surface area contributed by atoms with Crippen molar-refractivity contribution in [1.29, 1.82) is 0 Å². The van der Waals surface area contributed by atoms with Gasteiger partial charge in [-0.1, -0.05) is 11.6 Å². The Balaban J connectivity index is 1.86. The van der Waals surface area contributed by atoms with Gasteiger partial charge in [-0.15, -0.1) is 0 Å². The fraction of sp³-hybridized carbons (Fsp3) is 0.375. The highest BCUT2D eigenvalue weighted by Crippen LogP contribution is 2.17. The normalized spacial score (nSPS) is 10.5. The van der Waals surface area contributed by atoms with Crippen LogP contribution in [0.5, 0.6) is 0 Å². The maximum atomic E-state index is 11.9. The van der Waals surface area contributed by atoms with Gasteiger partial charge in [-0.25, -0.2) is 0 Å². The lowest BCUT2D eigenvalue weighted by Crippen LogP contribution is -2.21. The maximum absolute atomic E-state index is 11.9. The SMILES string of the molecule is CCN(CC)c1ccc(NC(=O)CCn2cc(Cl)cn2)cc1. The molecule has 0 aliphatic heterocycles. The van der Waals surface area contributed by atoms with Crippen molar-refractivity contribution < 1.29 is 4.79 Å². The van der Waals surface area contributed by atoms with Crippen molar-refractivity contribution in [3.8, 4) is 0 Å². The third-order valence-electron chi connectivity index (χ3n) is 3.45. The molecule has 0 aliphatic rings. The van der Waals surface area contributed by atoms with Gasteiger partial charge in [0.2, 0.25) is 5.91 Å². The molecule has 1 amide bonds. The number of hydrogen-bond acceptors (Lipinski definition) is 3. The van der Waals surface area contributed by atoms with Gasteiger partial charge >= 0.3 is 0 Å². The molecule has 6 heteroatoms. The summed E-state index contributed by atoms with van der Waals surface area (Å²) in [6, 6.07) is 7.90. The molecule has 5 nitrogen and oxygen atoms in total. The Hall–Kier alpha value is -2.01. The predicted molar refractivity (Wildman–Crippen MR) is 90.5 cm³/mol. The summed E-state index contributed by atoms with van der Waals surface area (Å²) in [4.78, 5) is 14.2. The average molecular weight is 321 g/mol. The van der Waals surface area contributed by atoms with Gasteiger partial charge in [0.1, 0.15) is 0 Å². The molecule has 1 aromatic heterocycles. The van der Waals surface area contributed by atoms with Gasteiger partial charge in [-0.2, -0.15) is 5.10 Å². The Labute approximate surface area is 135 Å². The summed E-state index contributed by atoms with van der Waals surface area (Å²) in [5.74, 6) is -0.0396. The number of rotatable bonds is 7. The Morgan fingerprint density at radius 1 is 1.27 bits per heavy atom. The van der Waals surface area contributed by atoms with E-state index in [2.05, 4.69) is 29.2 Å². The number of carbonyl (C=O) groups excluding carboxylic acids is 1. The fourth-order valence-corrected chi connectivity index (χ4v) is 2.40. The van der Waals surface area contributed by atoms with Crippen molar-refractivity contribution in [3.05, 3.63) is 41.7 Å².